The van der Waals surface area contributed by atoms with Gasteiger partial charge in [0.15, 0.2) is 11.6 Å². The molecular weight excluding hydrogens is 385 g/mol. The van der Waals surface area contributed by atoms with Gasteiger partial charge in [0.25, 0.3) is 5.91 Å². The average Bonchev–Trinajstić information content (AvgIpc) is 2.69. The van der Waals surface area contributed by atoms with E-state index >= 15 is 0 Å². The number of aliphatic hydroxyl groups excluding tert-OH is 1. The fourth-order valence-corrected chi connectivity index (χ4v) is 2.69. The molecule has 0 saturated carbocycles. The summed E-state index contributed by atoms with van der Waals surface area (Å²) in [4.78, 5) is 15.8. The topological polar surface area (TPSA) is 111 Å². The Labute approximate surface area is 165 Å². The number of primary amides is 1. The van der Waals surface area contributed by atoms with Gasteiger partial charge in [-0.15, -0.1) is 0 Å². The Morgan fingerprint density at radius 3 is 2.50 bits per heavy atom. The number of benzene rings is 2. The van der Waals surface area contributed by atoms with Crippen molar-refractivity contribution in [2.75, 3.05) is 6.54 Å². The van der Waals surface area contributed by atoms with E-state index in [9.17, 15) is 14.3 Å². The van der Waals surface area contributed by atoms with Gasteiger partial charge in [0.1, 0.15) is 11.4 Å². The van der Waals surface area contributed by atoms with Crippen LogP contribution in [0.15, 0.2) is 54.6 Å². The Morgan fingerprint density at radius 1 is 1.18 bits per heavy atom. The SMILES string of the molecule is NC[C@H](O)c1cc(C(N)=O)nc(-c2ccc(Oc3ccc(Cl)cc3F)cc2)c1. The Balaban J connectivity index is 1.90. The summed E-state index contributed by atoms with van der Waals surface area (Å²) in [6.07, 6.45) is -0.949. The normalized spacial score (nSPS) is 11.9. The van der Waals surface area contributed by atoms with E-state index in [2.05, 4.69) is 4.98 Å². The van der Waals surface area contributed by atoms with Crippen LogP contribution in [0.3, 0.4) is 0 Å². The van der Waals surface area contributed by atoms with Crippen LogP contribution in [0.5, 0.6) is 11.5 Å². The van der Waals surface area contributed by atoms with Gasteiger partial charge in [-0.3, -0.25) is 4.79 Å². The molecule has 8 heteroatoms. The molecule has 0 saturated heterocycles. The van der Waals surface area contributed by atoms with Crippen molar-refractivity contribution in [1.29, 1.82) is 0 Å². The van der Waals surface area contributed by atoms with Crippen molar-refractivity contribution in [3.8, 4) is 22.8 Å². The van der Waals surface area contributed by atoms with Crippen LogP contribution >= 0.6 is 11.6 Å². The van der Waals surface area contributed by atoms with Crippen LogP contribution in [0.2, 0.25) is 5.02 Å². The fourth-order valence-electron chi connectivity index (χ4n) is 2.53. The van der Waals surface area contributed by atoms with Crippen LogP contribution in [-0.4, -0.2) is 22.5 Å². The lowest BCUT2D eigenvalue weighted by Gasteiger charge is -2.12. The highest BCUT2D eigenvalue weighted by Crippen LogP contribution is 2.29. The van der Waals surface area contributed by atoms with E-state index in [1.165, 1.54) is 18.2 Å². The smallest absolute Gasteiger partial charge is 0.267 e. The molecule has 0 unspecified atom stereocenters. The molecule has 0 aliphatic rings. The van der Waals surface area contributed by atoms with Crippen LogP contribution < -0.4 is 16.2 Å². The lowest BCUT2D eigenvalue weighted by Crippen LogP contribution is -2.17. The molecule has 0 spiro atoms. The second-order valence-corrected chi connectivity index (χ2v) is 6.42. The molecule has 0 aliphatic carbocycles. The van der Waals surface area contributed by atoms with Gasteiger partial charge in [0.2, 0.25) is 0 Å². The summed E-state index contributed by atoms with van der Waals surface area (Å²) in [5.74, 6) is -0.851. The molecule has 0 fully saturated rings. The van der Waals surface area contributed by atoms with Gasteiger partial charge >= 0.3 is 0 Å². The summed E-state index contributed by atoms with van der Waals surface area (Å²) in [6, 6.07) is 13.8. The van der Waals surface area contributed by atoms with Crippen molar-refractivity contribution in [3.05, 3.63) is 76.7 Å². The molecule has 3 rings (SSSR count). The number of amides is 1. The quantitative estimate of drug-likeness (QED) is 0.586. The van der Waals surface area contributed by atoms with Crippen molar-refractivity contribution < 1.29 is 19.0 Å². The number of carbonyl (C=O) groups excluding carboxylic acids is 1. The predicted octanol–water partition coefficient (Wildman–Crippen LogP) is 3.42. The third kappa shape index (κ3) is 4.45. The highest BCUT2D eigenvalue weighted by atomic mass is 35.5. The number of carbonyl (C=O) groups is 1. The number of halogens is 2. The Bertz CT molecular complexity index is 1010. The lowest BCUT2D eigenvalue weighted by molar-refractivity contribution is 0.0995. The van der Waals surface area contributed by atoms with Crippen molar-refractivity contribution in [3.63, 3.8) is 0 Å². The monoisotopic (exact) mass is 401 g/mol. The van der Waals surface area contributed by atoms with Crippen LogP contribution in [0.4, 0.5) is 4.39 Å². The average molecular weight is 402 g/mol. The summed E-state index contributed by atoms with van der Waals surface area (Å²) >= 11 is 5.73. The molecule has 1 atom stereocenters. The van der Waals surface area contributed by atoms with E-state index in [1.807, 2.05) is 0 Å². The third-order valence-corrected chi connectivity index (χ3v) is 4.22. The summed E-state index contributed by atoms with van der Waals surface area (Å²) in [6.45, 7) is -0.0128. The maximum absolute atomic E-state index is 13.9. The fraction of sp³-hybridized carbons (Fsp3) is 0.100. The maximum Gasteiger partial charge on any atom is 0.267 e. The van der Waals surface area contributed by atoms with E-state index in [4.69, 9.17) is 27.8 Å². The molecule has 144 valence electrons. The molecule has 0 aliphatic heterocycles. The summed E-state index contributed by atoms with van der Waals surface area (Å²) in [5.41, 5.74) is 12.4. The molecule has 5 N–H and O–H groups in total. The minimum Gasteiger partial charge on any atom is -0.454 e. The van der Waals surface area contributed by atoms with Gasteiger partial charge in [0, 0.05) is 17.1 Å². The van der Waals surface area contributed by atoms with E-state index in [-0.39, 0.29) is 23.0 Å². The Hall–Kier alpha value is -3.00. The minimum absolute atomic E-state index is 0.0128. The first kappa shape index (κ1) is 19.8. The first-order valence-electron chi connectivity index (χ1n) is 8.30. The predicted molar refractivity (Wildman–Crippen MR) is 104 cm³/mol. The number of pyridine rings is 1. The Kier molecular flexibility index (Phi) is 5.89. The van der Waals surface area contributed by atoms with Crippen LogP contribution in [-0.2, 0) is 0 Å². The van der Waals surface area contributed by atoms with E-state index < -0.39 is 17.8 Å². The molecular formula is C20H17ClFN3O3. The Morgan fingerprint density at radius 2 is 1.89 bits per heavy atom. The second kappa shape index (κ2) is 8.35. The molecule has 2 aromatic carbocycles. The van der Waals surface area contributed by atoms with Crippen LogP contribution in [0, 0.1) is 5.82 Å². The highest BCUT2D eigenvalue weighted by molar-refractivity contribution is 6.30. The molecule has 1 aromatic heterocycles. The number of hydrogen-bond acceptors (Lipinski definition) is 5. The van der Waals surface area contributed by atoms with Crippen molar-refractivity contribution >= 4 is 17.5 Å². The molecule has 1 amide bonds. The largest absolute Gasteiger partial charge is 0.454 e. The number of hydrogen-bond donors (Lipinski definition) is 3. The van der Waals surface area contributed by atoms with Gasteiger partial charge in [-0.05, 0) is 60.2 Å². The van der Waals surface area contributed by atoms with Gasteiger partial charge in [-0.25, -0.2) is 9.37 Å². The second-order valence-electron chi connectivity index (χ2n) is 5.99. The molecule has 0 bridgehead atoms. The summed E-state index contributed by atoms with van der Waals surface area (Å²) < 4.78 is 19.4. The van der Waals surface area contributed by atoms with Gasteiger partial charge < -0.3 is 21.3 Å². The summed E-state index contributed by atoms with van der Waals surface area (Å²) in [7, 11) is 0. The third-order valence-electron chi connectivity index (χ3n) is 3.98. The maximum atomic E-state index is 13.9. The van der Waals surface area contributed by atoms with Crippen LogP contribution in [0.25, 0.3) is 11.3 Å². The number of ether oxygens (including phenoxy) is 1. The zero-order valence-corrected chi connectivity index (χ0v) is 15.4. The number of nitrogens with two attached hydrogens (primary N) is 2. The molecule has 6 nitrogen and oxygen atoms in total. The van der Waals surface area contributed by atoms with Crippen molar-refractivity contribution in [1.82, 2.24) is 4.98 Å². The summed E-state index contributed by atoms with van der Waals surface area (Å²) in [5, 5.41) is 10.3. The zero-order valence-electron chi connectivity index (χ0n) is 14.6. The lowest BCUT2D eigenvalue weighted by atomic mass is 10.0. The zero-order chi connectivity index (χ0) is 20.3. The van der Waals surface area contributed by atoms with E-state index in [0.717, 1.165) is 6.07 Å². The first-order valence-corrected chi connectivity index (χ1v) is 8.68. The minimum atomic E-state index is -0.949. The first-order chi connectivity index (χ1) is 13.4. The van der Waals surface area contributed by atoms with Crippen molar-refractivity contribution in [2.45, 2.75) is 6.10 Å². The van der Waals surface area contributed by atoms with Gasteiger partial charge in [-0.1, -0.05) is 11.6 Å². The van der Waals surface area contributed by atoms with Gasteiger partial charge in [0.05, 0.1) is 11.8 Å². The van der Waals surface area contributed by atoms with E-state index in [1.54, 1.807) is 30.3 Å². The van der Waals surface area contributed by atoms with Crippen molar-refractivity contribution in [2.24, 2.45) is 11.5 Å². The number of aromatic nitrogens is 1. The number of aliphatic hydroxyl groups is 1. The number of nitrogens with zero attached hydrogens (tertiary/aromatic N) is 1. The molecule has 0 radical (unpaired) electrons. The molecule has 3 aromatic rings. The number of rotatable bonds is 6. The standard InChI is InChI=1S/C20H17ClFN3O3/c21-13-3-6-19(15(22)9-13)28-14-4-1-11(2-5-14)16-7-12(18(26)10-23)8-17(25-16)20(24)27/h1-9,18,26H,10,23H2,(H2,24,27)/t18-/m0/s1. The highest BCUT2D eigenvalue weighted by Gasteiger charge is 2.14. The molecule has 1 heterocycles. The van der Waals surface area contributed by atoms with E-state index in [0.29, 0.717) is 22.6 Å². The molecule has 28 heavy (non-hydrogen) atoms. The van der Waals surface area contributed by atoms with Crippen LogP contribution in [0.1, 0.15) is 22.2 Å². The van der Waals surface area contributed by atoms with Gasteiger partial charge in [-0.2, -0.15) is 0 Å².